The van der Waals surface area contributed by atoms with Crippen molar-refractivity contribution in [3.05, 3.63) is 23.3 Å². The van der Waals surface area contributed by atoms with Gasteiger partial charge in [-0.25, -0.2) is 0 Å². The van der Waals surface area contributed by atoms with E-state index in [4.69, 9.17) is 15.5 Å². The molecule has 4 aliphatic rings. The quantitative estimate of drug-likeness (QED) is 0.618. The molecule has 9 nitrogen and oxygen atoms in total. The van der Waals surface area contributed by atoms with E-state index in [1.165, 1.54) is 37.1 Å². The van der Waals surface area contributed by atoms with E-state index in [1.54, 1.807) is 0 Å². The third-order valence-electron chi connectivity index (χ3n) is 6.79. The van der Waals surface area contributed by atoms with Gasteiger partial charge < -0.3 is 26.0 Å². The first-order valence-corrected chi connectivity index (χ1v) is 11.7. The van der Waals surface area contributed by atoms with E-state index in [0.717, 1.165) is 26.0 Å². The van der Waals surface area contributed by atoms with E-state index in [2.05, 4.69) is 39.6 Å². The van der Waals surface area contributed by atoms with Crippen LogP contribution in [0.5, 0.6) is 0 Å². The molecule has 0 spiro atoms. The van der Waals surface area contributed by atoms with Crippen molar-refractivity contribution in [3.8, 4) is 0 Å². The summed E-state index contributed by atoms with van der Waals surface area (Å²) in [6.45, 7) is 7.98. The first-order valence-electron chi connectivity index (χ1n) is 11.7. The summed E-state index contributed by atoms with van der Waals surface area (Å²) in [6, 6.07) is 0.178. The molecule has 2 unspecified atom stereocenters. The Bertz CT molecular complexity index is 933. The standard InChI is InChI=1S/C23H33N7O2/c1-15-4-5-16(10-17(15)12-29-7-2-3-8-29)11-30-13-19(31)26-20-21(24)27-23(28-22(20)30)25-18-6-9-32-14-18/h5,10,15,18H,2-4,6-9,11-14H2,1H3,(H,26,31)(H3,24,25,27,28). The molecule has 1 aromatic heterocycles. The number of nitrogen functional groups attached to an aromatic ring is 1. The number of fused-ring (bicyclic) bond motifs is 1. The maximum atomic E-state index is 12.4. The highest BCUT2D eigenvalue weighted by molar-refractivity contribution is 6.03. The molecule has 0 radical (unpaired) electrons. The number of allylic oxidation sites excluding steroid dienone is 1. The van der Waals surface area contributed by atoms with E-state index >= 15 is 0 Å². The van der Waals surface area contributed by atoms with E-state index in [-0.39, 0.29) is 24.3 Å². The van der Waals surface area contributed by atoms with Crippen LogP contribution in [0.2, 0.25) is 0 Å². The molecule has 2 atom stereocenters. The average molecular weight is 440 g/mol. The Morgan fingerprint density at radius 3 is 2.91 bits per heavy atom. The highest BCUT2D eigenvalue weighted by Gasteiger charge is 2.29. The van der Waals surface area contributed by atoms with E-state index in [0.29, 0.717) is 36.5 Å². The molecular weight excluding hydrogens is 406 g/mol. The van der Waals surface area contributed by atoms with E-state index < -0.39 is 0 Å². The topological polar surface area (TPSA) is 109 Å². The monoisotopic (exact) mass is 439 g/mol. The highest BCUT2D eigenvalue weighted by Crippen LogP contribution is 2.34. The van der Waals surface area contributed by atoms with Crippen LogP contribution in [0.4, 0.5) is 23.3 Å². The molecule has 1 aromatic rings. The normalized spacial score (nSPS) is 25.9. The Labute approximate surface area is 189 Å². The smallest absolute Gasteiger partial charge is 0.244 e. The van der Waals surface area contributed by atoms with Crippen LogP contribution in [0.25, 0.3) is 0 Å². The molecule has 0 aromatic carbocycles. The Balaban J connectivity index is 1.36. The number of hydrogen-bond acceptors (Lipinski definition) is 8. The van der Waals surface area contributed by atoms with Gasteiger partial charge >= 0.3 is 0 Å². The predicted molar refractivity (Wildman–Crippen MR) is 126 cm³/mol. The fourth-order valence-electron chi connectivity index (χ4n) is 4.92. The number of ether oxygens (including phenoxy) is 1. The van der Waals surface area contributed by atoms with Gasteiger partial charge in [0.25, 0.3) is 0 Å². The van der Waals surface area contributed by atoms with Gasteiger partial charge in [0.2, 0.25) is 11.9 Å². The molecular formula is C23H33N7O2. The zero-order valence-corrected chi connectivity index (χ0v) is 18.8. The Morgan fingerprint density at radius 1 is 1.28 bits per heavy atom. The van der Waals surface area contributed by atoms with Crippen LogP contribution >= 0.6 is 0 Å². The van der Waals surface area contributed by atoms with Crippen molar-refractivity contribution in [2.24, 2.45) is 5.92 Å². The zero-order chi connectivity index (χ0) is 22.1. The molecule has 4 N–H and O–H groups in total. The summed E-state index contributed by atoms with van der Waals surface area (Å²) in [7, 11) is 0. The van der Waals surface area contributed by atoms with Gasteiger partial charge in [-0.3, -0.25) is 9.69 Å². The Hall–Kier alpha value is -2.65. The number of nitrogens with one attached hydrogen (secondary N) is 2. The van der Waals surface area contributed by atoms with Crippen molar-refractivity contribution in [1.29, 1.82) is 0 Å². The molecule has 2 saturated heterocycles. The Kier molecular flexibility index (Phi) is 6.01. The largest absolute Gasteiger partial charge is 0.382 e. The first-order chi connectivity index (χ1) is 15.5. The van der Waals surface area contributed by atoms with Crippen molar-refractivity contribution in [1.82, 2.24) is 14.9 Å². The molecule has 9 heteroatoms. The number of rotatable bonds is 6. The number of carbonyl (C=O) groups is 1. The van der Waals surface area contributed by atoms with Crippen LogP contribution in [0.15, 0.2) is 23.3 Å². The molecule has 5 rings (SSSR count). The lowest BCUT2D eigenvalue weighted by atomic mass is 9.89. The first kappa shape index (κ1) is 21.2. The maximum absolute atomic E-state index is 12.4. The summed E-state index contributed by atoms with van der Waals surface area (Å²) in [5, 5.41) is 6.18. The number of hydrogen-bond donors (Lipinski definition) is 3. The second-order valence-corrected chi connectivity index (χ2v) is 9.36. The van der Waals surface area contributed by atoms with Crippen LogP contribution < -0.4 is 21.3 Å². The minimum Gasteiger partial charge on any atom is -0.382 e. The van der Waals surface area contributed by atoms with Crippen molar-refractivity contribution >= 4 is 29.2 Å². The van der Waals surface area contributed by atoms with Gasteiger partial charge in [-0.2, -0.15) is 9.97 Å². The van der Waals surface area contributed by atoms with Crippen LogP contribution in [-0.4, -0.2) is 72.8 Å². The van der Waals surface area contributed by atoms with Gasteiger partial charge in [0.05, 0.1) is 19.2 Å². The molecule has 4 heterocycles. The van der Waals surface area contributed by atoms with Crippen molar-refractivity contribution in [3.63, 3.8) is 0 Å². The minimum absolute atomic E-state index is 0.0938. The number of amides is 1. The van der Waals surface area contributed by atoms with Gasteiger partial charge in [-0.1, -0.05) is 24.6 Å². The lowest BCUT2D eigenvalue weighted by molar-refractivity contribution is -0.115. The fraction of sp³-hybridized carbons (Fsp3) is 0.609. The molecule has 0 bridgehead atoms. The third-order valence-corrected chi connectivity index (χ3v) is 6.79. The molecule has 172 valence electrons. The number of carbonyl (C=O) groups excluding carboxylic acids is 1. The van der Waals surface area contributed by atoms with Crippen molar-refractivity contribution in [2.75, 3.05) is 67.2 Å². The van der Waals surface area contributed by atoms with Crippen LogP contribution in [0.1, 0.15) is 32.6 Å². The number of anilines is 4. The van der Waals surface area contributed by atoms with Crippen LogP contribution in [0, 0.1) is 5.92 Å². The van der Waals surface area contributed by atoms with Gasteiger partial charge in [0.15, 0.2) is 11.6 Å². The lowest BCUT2D eigenvalue weighted by Crippen LogP contribution is -2.41. The van der Waals surface area contributed by atoms with Crippen LogP contribution in [0.3, 0.4) is 0 Å². The highest BCUT2D eigenvalue weighted by atomic mass is 16.5. The predicted octanol–water partition coefficient (Wildman–Crippen LogP) is 2.01. The number of nitrogens with zero attached hydrogens (tertiary/aromatic N) is 4. The number of likely N-dealkylation sites (tertiary alicyclic amines) is 1. The van der Waals surface area contributed by atoms with E-state index in [9.17, 15) is 4.79 Å². The third kappa shape index (κ3) is 4.59. The van der Waals surface area contributed by atoms with Gasteiger partial charge in [-0.15, -0.1) is 0 Å². The summed E-state index contributed by atoms with van der Waals surface area (Å²) in [5.41, 5.74) is 9.42. The number of nitrogens with two attached hydrogens (primary N) is 1. The van der Waals surface area contributed by atoms with E-state index in [1.807, 2.05) is 4.90 Å². The zero-order valence-electron chi connectivity index (χ0n) is 18.8. The van der Waals surface area contributed by atoms with Gasteiger partial charge in [-0.05, 0) is 50.3 Å². The fourth-order valence-corrected chi connectivity index (χ4v) is 4.92. The van der Waals surface area contributed by atoms with Crippen LogP contribution in [-0.2, 0) is 9.53 Å². The summed E-state index contributed by atoms with van der Waals surface area (Å²) < 4.78 is 5.44. The van der Waals surface area contributed by atoms with Gasteiger partial charge in [0.1, 0.15) is 5.69 Å². The molecule has 1 amide bonds. The number of aromatic nitrogens is 2. The molecule has 32 heavy (non-hydrogen) atoms. The average Bonchev–Trinajstić information content (AvgIpc) is 3.46. The lowest BCUT2D eigenvalue weighted by Gasteiger charge is -2.32. The van der Waals surface area contributed by atoms with Gasteiger partial charge in [0, 0.05) is 19.7 Å². The summed E-state index contributed by atoms with van der Waals surface area (Å²) in [4.78, 5) is 26.1. The second kappa shape index (κ2) is 9.07. The Morgan fingerprint density at radius 2 is 2.12 bits per heavy atom. The summed E-state index contributed by atoms with van der Waals surface area (Å²) in [6.07, 6.45) is 9.17. The second-order valence-electron chi connectivity index (χ2n) is 9.36. The van der Waals surface area contributed by atoms with Crippen molar-refractivity contribution in [2.45, 2.75) is 38.6 Å². The molecule has 2 fully saturated rings. The minimum atomic E-state index is -0.0938. The maximum Gasteiger partial charge on any atom is 0.244 e. The molecule has 3 aliphatic heterocycles. The van der Waals surface area contributed by atoms with Crippen molar-refractivity contribution < 1.29 is 9.53 Å². The summed E-state index contributed by atoms with van der Waals surface area (Å²) in [5.74, 6) is 1.90. The molecule has 1 aliphatic carbocycles. The molecule has 0 saturated carbocycles. The summed E-state index contributed by atoms with van der Waals surface area (Å²) >= 11 is 0. The SMILES string of the molecule is CC1CC=C(CN2CC(=O)Nc3c(N)nc(NC4CCOC4)nc32)C=C1CN1CCCC1.